The fourth-order valence-electron chi connectivity index (χ4n) is 4.14. The second-order valence-corrected chi connectivity index (χ2v) is 9.52. The maximum Gasteiger partial charge on any atom is 0.255 e. The van der Waals surface area contributed by atoms with Gasteiger partial charge in [0.25, 0.3) is 5.91 Å². The minimum absolute atomic E-state index is 0.215. The van der Waals surface area contributed by atoms with Crippen LogP contribution in [0, 0.1) is 0 Å². The molecular formula is C28H25Cl2N3O5. The lowest BCUT2D eigenvalue weighted by molar-refractivity contribution is -0.189. The van der Waals surface area contributed by atoms with Crippen molar-refractivity contribution in [2.75, 3.05) is 25.6 Å². The van der Waals surface area contributed by atoms with Gasteiger partial charge in [0.05, 0.1) is 31.6 Å². The van der Waals surface area contributed by atoms with Gasteiger partial charge in [-0.1, -0.05) is 29.3 Å². The number of carbonyl (C=O) groups is 1. The van der Waals surface area contributed by atoms with Crippen molar-refractivity contribution in [1.82, 2.24) is 9.55 Å². The smallest absolute Gasteiger partial charge is 0.255 e. The van der Waals surface area contributed by atoms with E-state index in [1.807, 2.05) is 16.8 Å². The van der Waals surface area contributed by atoms with Crippen LogP contribution in [0.5, 0.6) is 11.5 Å². The Morgan fingerprint density at radius 3 is 2.55 bits per heavy atom. The van der Waals surface area contributed by atoms with Crippen LogP contribution >= 0.6 is 23.2 Å². The molecule has 4 aromatic rings. The van der Waals surface area contributed by atoms with E-state index < -0.39 is 5.79 Å². The van der Waals surface area contributed by atoms with Crippen molar-refractivity contribution < 1.29 is 23.7 Å². The third-order valence-electron chi connectivity index (χ3n) is 6.05. The first-order chi connectivity index (χ1) is 18.4. The number of aromatic nitrogens is 2. The zero-order valence-corrected chi connectivity index (χ0v) is 22.0. The second-order valence-electron chi connectivity index (χ2n) is 8.68. The number of hydrogen-bond donors (Lipinski definition) is 1. The van der Waals surface area contributed by atoms with Gasteiger partial charge in [-0.05, 0) is 60.7 Å². The quantitative estimate of drug-likeness (QED) is 0.282. The number of ether oxygens (including phenoxy) is 4. The average Bonchev–Trinajstić information content (AvgIpc) is 3.59. The molecule has 0 spiro atoms. The largest absolute Gasteiger partial charge is 0.497 e. The van der Waals surface area contributed by atoms with Crippen molar-refractivity contribution in [3.8, 4) is 11.5 Å². The van der Waals surface area contributed by atoms with Crippen molar-refractivity contribution in [3.05, 3.63) is 107 Å². The highest BCUT2D eigenvalue weighted by molar-refractivity contribution is 6.35. The minimum Gasteiger partial charge on any atom is -0.497 e. The van der Waals surface area contributed by atoms with Crippen LogP contribution in [0.15, 0.2) is 85.5 Å². The number of nitrogens with zero attached hydrogens (tertiary/aromatic N) is 2. The Morgan fingerprint density at radius 1 is 1.11 bits per heavy atom. The van der Waals surface area contributed by atoms with Gasteiger partial charge in [-0.3, -0.25) is 4.79 Å². The Labute approximate surface area is 230 Å². The molecule has 0 aliphatic carbocycles. The van der Waals surface area contributed by atoms with Crippen molar-refractivity contribution in [1.29, 1.82) is 0 Å². The number of amides is 1. The first-order valence-corrected chi connectivity index (χ1v) is 12.6. The molecule has 1 N–H and O–H groups in total. The molecular weight excluding hydrogens is 529 g/mol. The zero-order valence-electron chi connectivity index (χ0n) is 20.5. The molecule has 1 fully saturated rings. The van der Waals surface area contributed by atoms with E-state index in [4.69, 9.17) is 42.1 Å². The molecule has 1 saturated heterocycles. The van der Waals surface area contributed by atoms with E-state index >= 15 is 0 Å². The number of benzene rings is 3. The summed E-state index contributed by atoms with van der Waals surface area (Å²) in [6.07, 6.45) is 4.86. The molecule has 1 aliphatic rings. The lowest BCUT2D eigenvalue weighted by Crippen LogP contribution is -2.34. The molecule has 2 atom stereocenters. The van der Waals surface area contributed by atoms with Gasteiger partial charge in [0.1, 0.15) is 24.2 Å². The SMILES string of the molecule is COc1ccc(C(=O)Nc2ccc(OC[C@@H]3CO[C@@](Cn4ccnc4)(c4ccc(Cl)cc4Cl)O3)cc2)cc1. The molecule has 2 heterocycles. The summed E-state index contributed by atoms with van der Waals surface area (Å²) >= 11 is 12.6. The minimum atomic E-state index is -1.12. The predicted octanol–water partition coefficient (Wildman–Crippen LogP) is 5.80. The van der Waals surface area contributed by atoms with E-state index in [1.54, 1.807) is 80.3 Å². The van der Waals surface area contributed by atoms with Crippen LogP contribution in [-0.2, 0) is 21.8 Å². The summed E-state index contributed by atoms with van der Waals surface area (Å²) in [5, 5.41) is 3.85. The molecule has 8 nitrogen and oxygen atoms in total. The lowest BCUT2D eigenvalue weighted by atomic mass is 10.1. The van der Waals surface area contributed by atoms with Gasteiger partial charge < -0.3 is 28.8 Å². The normalized spacial score (nSPS) is 18.8. The summed E-state index contributed by atoms with van der Waals surface area (Å²) in [4.78, 5) is 16.6. The van der Waals surface area contributed by atoms with E-state index in [0.717, 1.165) is 0 Å². The molecule has 1 aromatic heterocycles. The summed E-state index contributed by atoms with van der Waals surface area (Å²) in [5.74, 6) is -0.0121. The number of rotatable bonds is 9. The monoisotopic (exact) mass is 553 g/mol. The molecule has 1 aliphatic heterocycles. The molecule has 10 heteroatoms. The third-order valence-corrected chi connectivity index (χ3v) is 6.60. The van der Waals surface area contributed by atoms with Crippen LogP contribution in [-0.4, -0.2) is 41.9 Å². The molecule has 0 bridgehead atoms. The zero-order chi connectivity index (χ0) is 26.5. The Hall–Kier alpha value is -3.56. The lowest BCUT2D eigenvalue weighted by Gasteiger charge is -2.30. The highest BCUT2D eigenvalue weighted by Gasteiger charge is 2.45. The van der Waals surface area contributed by atoms with E-state index in [0.29, 0.717) is 51.5 Å². The number of hydrogen-bond acceptors (Lipinski definition) is 6. The topological polar surface area (TPSA) is 83.8 Å². The first kappa shape index (κ1) is 26.1. The van der Waals surface area contributed by atoms with Gasteiger partial charge in [-0.15, -0.1) is 0 Å². The van der Waals surface area contributed by atoms with E-state index in [9.17, 15) is 4.79 Å². The van der Waals surface area contributed by atoms with Gasteiger partial charge in [0.2, 0.25) is 5.79 Å². The highest BCUT2D eigenvalue weighted by Crippen LogP contribution is 2.40. The van der Waals surface area contributed by atoms with Gasteiger partial charge in [-0.25, -0.2) is 4.98 Å². The molecule has 0 radical (unpaired) electrons. The number of imidazole rings is 1. The van der Waals surface area contributed by atoms with Crippen LogP contribution in [0.25, 0.3) is 0 Å². The molecule has 1 amide bonds. The molecule has 0 unspecified atom stereocenters. The molecule has 3 aromatic carbocycles. The number of nitrogens with one attached hydrogen (secondary N) is 1. The first-order valence-electron chi connectivity index (χ1n) is 11.9. The average molecular weight is 554 g/mol. The number of anilines is 1. The number of carbonyl (C=O) groups excluding carboxylic acids is 1. The fraction of sp³-hybridized carbons (Fsp3) is 0.214. The maximum absolute atomic E-state index is 12.5. The van der Waals surface area contributed by atoms with Gasteiger partial charge in [-0.2, -0.15) is 0 Å². The standard InChI is InChI=1S/C28H25Cl2N3O5/c1-35-22-7-2-19(3-8-22)27(34)32-21-5-9-23(10-6-21)36-15-24-16-37-28(38-24,17-33-13-12-31-18-33)25-11-4-20(29)14-26(25)30/h2-14,18,24H,15-17H2,1H3,(H,32,34)/t24-,28-/m1/s1. The molecule has 196 valence electrons. The summed E-state index contributed by atoms with van der Waals surface area (Å²) in [6, 6.07) is 19.3. The Morgan fingerprint density at radius 2 is 1.87 bits per heavy atom. The summed E-state index contributed by atoms with van der Waals surface area (Å²) in [7, 11) is 1.58. The van der Waals surface area contributed by atoms with E-state index in [2.05, 4.69) is 10.3 Å². The van der Waals surface area contributed by atoms with Crippen molar-refractivity contribution >= 4 is 34.8 Å². The van der Waals surface area contributed by atoms with Crippen LogP contribution < -0.4 is 14.8 Å². The molecule has 5 rings (SSSR count). The Kier molecular flexibility index (Phi) is 7.85. The predicted molar refractivity (Wildman–Crippen MR) is 144 cm³/mol. The van der Waals surface area contributed by atoms with Crippen LogP contribution in [0.3, 0.4) is 0 Å². The van der Waals surface area contributed by atoms with Crippen LogP contribution in [0.1, 0.15) is 15.9 Å². The van der Waals surface area contributed by atoms with E-state index in [-0.39, 0.29) is 18.6 Å². The number of halogens is 2. The van der Waals surface area contributed by atoms with Crippen molar-refractivity contribution in [3.63, 3.8) is 0 Å². The summed E-state index contributed by atoms with van der Waals surface area (Å²) < 4.78 is 25.6. The highest BCUT2D eigenvalue weighted by atomic mass is 35.5. The Balaban J connectivity index is 1.21. The fourth-order valence-corrected chi connectivity index (χ4v) is 4.70. The van der Waals surface area contributed by atoms with E-state index in [1.165, 1.54) is 0 Å². The van der Waals surface area contributed by atoms with Crippen molar-refractivity contribution in [2.24, 2.45) is 0 Å². The van der Waals surface area contributed by atoms with Gasteiger partial charge >= 0.3 is 0 Å². The second kappa shape index (κ2) is 11.4. The van der Waals surface area contributed by atoms with Gasteiger partial charge in [0.15, 0.2) is 0 Å². The summed E-state index contributed by atoms with van der Waals surface area (Å²) in [5.41, 5.74) is 1.86. The molecule has 38 heavy (non-hydrogen) atoms. The Bertz CT molecular complexity index is 1380. The van der Waals surface area contributed by atoms with Gasteiger partial charge in [0, 0.05) is 34.2 Å². The molecule has 0 saturated carbocycles. The van der Waals surface area contributed by atoms with Crippen LogP contribution in [0.2, 0.25) is 10.0 Å². The maximum atomic E-state index is 12.5. The van der Waals surface area contributed by atoms with Crippen LogP contribution in [0.4, 0.5) is 5.69 Å². The van der Waals surface area contributed by atoms with Crippen molar-refractivity contribution in [2.45, 2.75) is 18.4 Å². The third kappa shape index (κ3) is 5.95. The number of methoxy groups -OCH3 is 1. The summed E-state index contributed by atoms with van der Waals surface area (Å²) in [6.45, 7) is 0.922.